The number of benzene rings is 1. The summed E-state index contributed by atoms with van der Waals surface area (Å²) in [4.78, 5) is 12.1. The zero-order valence-corrected chi connectivity index (χ0v) is 9.26. The van der Waals surface area contributed by atoms with Crippen LogP contribution >= 0.6 is 0 Å². The van der Waals surface area contributed by atoms with Crippen LogP contribution in [0, 0.1) is 0 Å². The molecule has 1 aromatic carbocycles. The zero-order chi connectivity index (χ0) is 11.7. The van der Waals surface area contributed by atoms with Crippen LogP contribution in [0.25, 0.3) is 0 Å². The highest BCUT2D eigenvalue weighted by Crippen LogP contribution is 2.31. The molecule has 0 spiro atoms. The normalized spacial score (nSPS) is 17.3. The second-order valence-electron chi connectivity index (χ2n) is 4.09. The summed E-state index contributed by atoms with van der Waals surface area (Å²) in [5.41, 5.74) is 4.96. The average Bonchev–Trinajstić information content (AvgIpc) is 2.96. The molecule has 2 heterocycles. The zero-order valence-electron chi connectivity index (χ0n) is 9.26. The van der Waals surface area contributed by atoms with E-state index in [0.717, 1.165) is 11.3 Å². The third kappa shape index (κ3) is 1.78. The second-order valence-corrected chi connectivity index (χ2v) is 4.09. The van der Waals surface area contributed by atoms with Crippen LogP contribution < -0.4 is 10.7 Å². The first kappa shape index (κ1) is 9.96. The van der Waals surface area contributed by atoms with Crippen molar-refractivity contribution in [2.75, 3.05) is 17.3 Å². The van der Waals surface area contributed by atoms with Gasteiger partial charge in [0, 0.05) is 24.6 Å². The molecule has 3 rings (SSSR count). The molecule has 1 aliphatic rings. The van der Waals surface area contributed by atoms with Gasteiger partial charge in [0.05, 0.1) is 5.92 Å². The Kier molecular flexibility index (Phi) is 2.33. The lowest BCUT2D eigenvalue weighted by Crippen LogP contribution is -2.28. The van der Waals surface area contributed by atoms with E-state index in [-0.39, 0.29) is 11.8 Å². The Morgan fingerprint density at radius 2 is 2.00 bits per heavy atom. The standard InChI is InChI=1S/C13H13N3O/c17-13(15-16-7-3-4-8-16)11-9-14-12-6-2-1-5-10(11)12/h1-8,11,14H,9H2,(H,15,17). The largest absolute Gasteiger partial charge is 0.384 e. The average molecular weight is 227 g/mol. The number of hydrogen-bond acceptors (Lipinski definition) is 2. The van der Waals surface area contributed by atoms with Crippen LogP contribution in [0.2, 0.25) is 0 Å². The molecular weight excluding hydrogens is 214 g/mol. The van der Waals surface area contributed by atoms with Crippen LogP contribution in [-0.4, -0.2) is 17.1 Å². The Bertz CT molecular complexity index is 533. The maximum Gasteiger partial charge on any atom is 0.248 e. The summed E-state index contributed by atoms with van der Waals surface area (Å²) in [5.74, 6) is -0.104. The van der Waals surface area contributed by atoms with Crippen LogP contribution in [0.5, 0.6) is 0 Å². The number of para-hydroxylation sites is 1. The van der Waals surface area contributed by atoms with Gasteiger partial charge in [-0.15, -0.1) is 0 Å². The van der Waals surface area contributed by atoms with Crippen LogP contribution in [0.3, 0.4) is 0 Å². The van der Waals surface area contributed by atoms with Gasteiger partial charge in [0.15, 0.2) is 0 Å². The van der Waals surface area contributed by atoms with E-state index < -0.39 is 0 Å². The van der Waals surface area contributed by atoms with Gasteiger partial charge >= 0.3 is 0 Å². The highest BCUT2D eigenvalue weighted by molar-refractivity contribution is 5.93. The molecule has 1 aromatic heterocycles. The van der Waals surface area contributed by atoms with Crippen molar-refractivity contribution in [3.8, 4) is 0 Å². The van der Waals surface area contributed by atoms with Crippen molar-refractivity contribution < 1.29 is 4.79 Å². The molecule has 0 fully saturated rings. The van der Waals surface area contributed by atoms with Crippen LogP contribution in [0.1, 0.15) is 11.5 Å². The van der Waals surface area contributed by atoms with Crippen molar-refractivity contribution in [2.24, 2.45) is 0 Å². The predicted molar refractivity (Wildman–Crippen MR) is 66.5 cm³/mol. The molecule has 4 nitrogen and oxygen atoms in total. The monoisotopic (exact) mass is 227 g/mol. The van der Waals surface area contributed by atoms with Crippen molar-refractivity contribution in [1.82, 2.24) is 4.68 Å². The number of nitrogens with zero attached hydrogens (tertiary/aromatic N) is 1. The van der Waals surface area contributed by atoms with E-state index in [9.17, 15) is 4.79 Å². The Hall–Kier alpha value is -2.23. The highest BCUT2D eigenvalue weighted by atomic mass is 16.2. The van der Waals surface area contributed by atoms with Gasteiger partial charge in [-0.2, -0.15) is 0 Å². The molecule has 1 aliphatic heterocycles. The number of anilines is 1. The minimum atomic E-state index is -0.117. The van der Waals surface area contributed by atoms with E-state index in [4.69, 9.17) is 0 Å². The SMILES string of the molecule is O=C(Nn1cccc1)C1CNc2ccccc21. The van der Waals surface area contributed by atoms with E-state index in [1.165, 1.54) is 0 Å². The van der Waals surface area contributed by atoms with Crippen LogP contribution in [0.4, 0.5) is 5.69 Å². The van der Waals surface area contributed by atoms with E-state index in [0.29, 0.717) is 6.54 Å². The summed E-state index contributed by atoms with van der Waals surface area (Å²) >= 11 is 0. The Morgan fingerprint density at radius 1 is 1.24 bits per heavy atom. The quantitative estimate of drug-likeness (QED) is 0.821. The molecule has 1 amide bonds. The predicted octanol–water partition coefficient (Wildman–Crippen LogP) is 1.77. The van der Waals surface area contributed by atoms with Gasteiger partial charge in [-0.05, 0) is 23.8 Å². The van der Waals surface area contributed by atoms with Crippen molar-refractivity contribution in [1.29, 1.82) is 0 Å². The first-order chi connectivity index (χ1) is 8.34. The number of fused-ring (bicyclic) bond motifs is 1. The summed E-state index contributed by atoms with van der Waals surface area (Å²) < 4.78 is 1.67. The Balaban J connectivity index is 1.80. The topological polar surface area (TPSA) is 46.1 Å². The minimum Gasteiger partial charge on any atom is -0.384 e. The van der Waals surface area contributed by atoms with Crippen molar-refractivity contribution in [2.45, 2.75) is 5.92 Å². The molecule has 0 saturated carbocycles. The van der Waals surface area contributed by atoms with E-state index in [1.807, 2.05) is 48.8 Å². The molecule has 0 radical (unpaired) electrons. The lowest BCUT2D eigenvalue weighted by Gasteiger charge is -2.11. The maximum atomic E-state index is 12.1. The summed E-state index contributed by atoms with van der Waals surface area (Å²) in [6.45, 7) is 0.659. The van der Waals surface area contributed by atoms with Crippen molar-refractivity contribution in [3.05, 3.63) is 54.4 Å². The first-order valence-electron chi connectivity index (χ1n) is 5.61. The molecule has 0 saturated heterocycles. The molecule has 1 unspecified atom stereocenters. The van der Waals surface area contributed by atoms with Crippen molar-refractivity contribution in [3.63, 3.8) is 0 Å². The molecule has 2 aromatic rings. The van der Waals surface area contributed by atoms with Gasteiger partial charge in [0.2, 0.25) is 5.91 Å². The van der Waals surface area contributed by atoms with E-state index in [2.05, 4.69) is 10.7 Å². The number of rotatable bonds is 2. The third-order valence-electron chi connectivity index (χ3n) is 2.99. The molecule has 4 heteroatoms. The van der Waals surface area contributed by atoms with Crippen LogP contribution in [-0.2, 0) is 4.79 Å². The van der Waals surface area contributed by atoms with Gasteiger partial charge in [-0.25, -0.2) is 0 Å². The van der Waals surface area contributed by atoms with Crippen molar-refractivity contribution >= 4 is 11.6 Å². The van der Waals surface area contributed by atoms with Gasteiger partial charge in [0.1, 0.15) is 0 Å². The lowest BCUT2D eigenvalue weighted by molar-refractivity contribution is -0.118. The highest BCUT2D eigenvalue weighted by Gasteiger charge is 2.27. The van der Waals surface area contributed by atoms with Crippen LogP contribution in [0.15, 0.2) is 48.8 Å². The molecule has 0 aliphatic carbocycles. The van der Waals surface area contributed by atoms with Gasteiger partial charge in [-0.1, -0.05) is 18.2 Å². The molecule has 86 valence electrons. The smallest absolute Gasteiger partial charge is 0.248 e. The summed E-state index contributed by atoms with van der Waals surface area (Å²) in [5, 5.41) is 3.24. The van der Waals surface area contributed by atoms with E-state index in [1.54, 1.807) is 4.68 Å². The Labute approximate surface area is 99.2 Å². The minimum absolute atomic E-state index is 0.0126. The van der Waals surface area contributed by atoms with Gasteiger partial charge < -0.3 is 5.32 Å². The number of hydrogen-bond donors (Lipinski definition) is 2. The van der Waals surface area contributed by atoms with E-state index >= 15 is 0 Å². The number of carbonyl (C=O) groups is 1. The van der Waals surface area contributed by atoms with Gasteiger partial charge in [-0.3, -0.25) is 14.9 Å². The fourth-order valence-corrected chi connectivity index (χ4v) is 2.13. The summed E-state index contributed by atoms with van der Waals surface area (Å²) in [7, 11) is 0. The summed E-state index contributed by atoms with van der Waals surface area (Å²) in [6, 6.07) is 11.7. The number of amides is 1. The molecular formula is C13H13N3O. The maximum absolute atomic E-state index is 12.1. The molecule has 1 atom stereocenters. The fourth-order valence-electron chi connectivity index (χ4n) is 2.13. The number of carbonyl (C=O) groups excluding carboxylic acids is 1. The third-order valence-corrected chi connectivity index (χ3v) is 2.99. The molecule has 0 bridgehead atoms. The molecule has 17 heavy (non-hydrogen) atoms. The first-order valence-corrected chi connectivity index (χ1v) is 5.61. The van der Waals surface area contributed by atoms with Gasteiger partial charge in [0.25, 0.3) is 0 Å². The Morgan fingerprint density at radius 3 is 2.82 bits per heavy atom. The molecule has 2 N–H and O–H groups in total. The summed E-state index contributed by atoms with van der Waals surface area (Å²) in [6.07, 6.45) is 3.62. The number of nitrogens with one attached hydrogen (secondary N) is 2. The fraction of sp³-hybridized carbons (Fsp3) is 0.154. The number of aromatic nitrogens is 1. The lowest BCUT2D eigenvalue weighted by atomic mass is 10.0. The second kappa shape index (κ2) is 3.97.